The standard InChI is InChI=1S/C27H29FN8O2S/c1-38-22-14-17(15-31-25(22)29)23-24(35-26(34-23)16-2-4-18(28)5-3-16)21-8-11-30-27(33-21)32-19-9-12-36(13-10-19)39(37)20-6-7-20/h2-5,8,11,14-15,19-20H,6-7,9-10,12-13H2,1H3,(H2,29,31)(H,34,35)(H,30,32,33). The van der Waals surface area contributed by atoms with Gasteiger partial charge in [0.25, 0.3) is 0 Å². The SMILES string of the molecule is COc1cc(-c2nc(-c3ccc(F)cc3)[nH]c2-c2ccnc(NC3CCN(S(=O)C4CC4)CC3)n2)cnc1N. The van der Waals surface area contributed by atoms with Crippen LogP contribution in [0.2, 0.25) is 0 Å². The third kappa shape index (κ3) is 5.48. The molecule has 3 aromatic heterocycles. The summed E-state index contributed by atoms with van der Waals surface area (Å²) in [6.45, 7) is 1.58. The number of methoxy groups -OCH3 is 1. The van der Waals surface area contributed by atoms with Gasteiger partial charge in [-0.15, -0.1) is 0 Å². The average molecular weight is 549 g/mol. The van der Waals surface area contributed by atoms with Crippen LogP contribution in [0.3, 0.4) is 0 Å². The zero-order valence-corrected chi connectivity index (χ0v) is 22.2. The number of H-pyrrole nitrogens is 1. The molecule has 1 aromatic carbocycles. The van der Waals surface area contributed by atoms with Gasteiger partial charge in [0.2, 0.25) is 5.95 Å². The summed E-state index contributed by atoms with van der Waals surface area (Å²) in [5.74, 6) is 1.45. The first-order valence-corrected chi connectivity index (χ1v) is 14.1. The van der Waals surface area contributed by atoms with Gasteiger partial charge in [-0.05, 0) is 62.1 Å². The van der Waals surface area contributed by atoms with E-state index in [-0.39, 0.29) is 17.7 Å². The number of nitrogens with two attached hydrogens (primary N) is 1. The van der Waals surface area contributed by atoms with Gasteiger partial charge in [-0.25, -0.2) is 32.8 Å². The van der Waals surface area contributed by atoms with Crippen molar-refractivity contribution in [1.29, 1.82) is 0 Å². The lowest BCUT2D eigenvalue weighted by molar-refractivity contribution is 0.344. The summed E-state index contributed by atoms with van der Waals surface area (Å²) in [5.41, 5.74) is 9.23. The maximum Gasteiger partial charge on any atom is 0.223 e. The van der Waals surface area contributed by atoms with Crippen LogP contribution in [0, 0.1) is 5.82 Å². The highest BCUT2D eigenvalue weighted by molar-refractivity contribution is 7.83. The van der Waals surface area contributed by atoms with Gasteiger partial charge in [-0.1, -0.05) is 0 Å². The highest BCUT2D eigenvalue weighted by Gasteiger charge is 2.34. The third-order valence-corrected chi connectivity index (χ3v) is 8.88. The van der Waals surface area contributed by atoms with Gasteiger partial charge in [0.15, 0.2) is 11.6 Å². The summed E-state index contributed by atoms with van der Waals surface area (Å²) in [6, 6.07) is 9.88. The number of piperidine rings is 1. The molecule has 202 valence electrons. The maximum atomic E-state index is 13.6. The van der Waals surface area contributed by atoms with Crippen LogP contribution in [0.4, 0.5) is 16.2 Å². The Morgan fingerprint density at radius 3 is 2.56 bits per heavy atom. The lowest BCUT2D eigenvalue weighted by Gasteiger charge is -2.31. The molecule has 1 saturated carbocycles. The molecule has 0 spiro atoms. The number of anilines is 2. The number of benzene rings is 1. The number of imidazole rings is 1. The molecule has 2 fully saturated rings. The Balaban J connectivity index is 1.29. The van der Waals surface area contributed by atoms with Crippen LogP contribution < -0.4 is 15.8 Å². The minimum Gasteiger partial charge on any atom is -0.493 e. The molecule has 0 radical (unpaired) electrons. The fourth-order valence-corrected chi connectivity index (χ4v) is 6.20. The predicted octanol–water partition coefficient (Wildman–Crippen LogP) is 4.03. The van der Waals surface area contributed by atoms with Gasteiger partial charge in [-0.3, -0.25) is 0 Å². The first-order valence-electron chi connectivity index (χ1n) is 12.9. The molecule has 0 amide bonds. The van der Waals surface area contributed by atoms with E-state index in [0.29, 0.717) is 45.4 Å². The van der Waals surface area contributed by atoms with E-state index in [4.69, 9.17) is 20.4 Å². The zero-order chi connectivity index (χ0) is 26.9. The molecule has 0 bridgehead atoms. The van der Waals surface area contributed by atoms with Gasteiger partial charge in [0.1, 0.15) is 17.3 Å². The normalized spacial score (nSPS) is 17.2. The Morgan fingerprint density at radius 1 is 1.08 bits per heavy atom. The Hall–Kier alpha value is -3.90. The number of aromatic nitrogens is 5. The molecule has 4 heterocycles. The molecule has 2 aliphatic rings. The number of nitrogen functional groups attached to an aromatic ring is 1. The van der Waals surface area contributed by atoms with E-state index in [2.05, 4.69) is 24.6 Å². The molecule has 10 nitrogen and oxygen atoms in total. The number of halogens is 1. The number of hydrogen-bond donors (Lipinski definition) is 3. The molecule has 1 atom stereocenters. The van der Waals surface area contributed by atoms with E-state index in [1.165, 1.54) is 19.2 Å². The van der Waals surface area contributed by atoms with E-state index in [1.807, 2.05) is 0 Å². The predicted molar refractivity (Wildman–Crippen MR) is 149 cm³/mol. The molecule has 6 rings (SSSR count). The van der Waals surface area contributed by atoms with Crippen LogP contribution in [-0.4, -0.2) is 64.9 Å². The van der Waals surface area contributed by atoms with Gasteiger partial charge < -0.3 is 20.8 Å². The van der Waals surface area contributed by atoms with E-state index >= 15 is 0 Å². The van der Waals surface area contributed by atoms with E-state index < -0.39 is 11.0 Å². The number of hydrogen-bond acceptors (Lipinski definition) is 8. The van der Waals surface area contributed by atoms with Crippen molar-refractivity contribution < 1.29 is 13.3 Å². The molecule has 1 aliphatic carbocycles. The third-order valence-electron chi connectivity index (χ3n) is 6.96. The minimum absolute atomic E-state index is 0.189. The fraction of sp³-hybridized carbons (Fsp3) is 0.333. The first kappa shape index (κ1) is 25.4. The molecule has 1 unspecified atom stereocenters. The average Bonchev–Trinajstić information content (AvgIpc) is 3.72. The Labute approximate surface area is 227 Å². The lowest BCUT2D eigenvalue weighted by Crippen LogP contribution is -2.41. The number of nitrogens with one attached hydrogen (secondary N) is 2. The number of pyridine rings is 1. The van der Waals surface area contributed by atoms with Crippen molar-refractivity contribution in [2.45, 2.75) is 37.0 Å². The minimum atomic E-state index is -0.856. The zero-order valence-electron chi connectivity index (χ0n) is 21.4. The van der Waals surface area contributed by atoms with Crippen molar-refractivity contribution >= 4 is 22.8 Å². The van der Waals surface area contributed by atoms with Crippen molar-refractivity contribution in [2.75, 3.05) is 31.2 Å². The monoisotopic (exact) mass is 548 g/mol. The second-order valence-electron chi connectivity index (χ2n) is 9.72. The Kier molecular flexibility index (Phi) is 6.96. The van der Waals surface area contributed by atoms with E-state index in [9.17, 15) is 8.60 Å². The number of aromatic amines is 1. The number of ether oxygens (including phenoxy) is 1. The summed E-state index contributed by atoms with van der Waals surface area (Å²) in [7, 11) is 0.674. The van der Waals surface area contributed by atoms with Crippen molar-refractivity contribution in [1.82, 2.24) is 29.2 Å². The van der Waals surface area contributed by atoms with Crippen LogP contribution in [-0.2, 0) is 11.0 Å². The largest absolute Gasteiger partial charge is 0.493 e. The quantitative estimate of drug-likeness (QED) is 0.300. The summed E-state index contributed by atoms with van der Waals surface area (Å²) >= 11 is 0. The van der Waals surface area contributed by atoms with Crippen LogP contribution in [0.15, 0.2) is 48.8 Å². The first-order chi connectivity index (χ1) is 19.0. The van der Waals surface area contributed by atoms with Crippen molar-refractivity contribution in [2.24, 2.45) is 0 Å². The maximum absolute atomic E-state index is 13.6. The van der Waals surface area contributed by atoms with Crippen molar-refractivity contribution in [3.05, 3.63) is 54.6 Å². The molecule has 1 aliphatic heterocycles. The second kappa shape index (κ2) is 10.7. The molecule has 4 aromatic rings. The van der Waals surface area contributed by atoms with Gasteiger partial charge in [0, 0.05) is 47.9 Å². The highest BCUT2D eigenvalue weighted by Crippen LogP contribution is 2.35. The van der Waals surface area contributed by atoms with Crippen LogP contribution >= 0.6 is 0 Å². The topological polar surface area (TPSA) is 135 Å². The van der Waals surface area contributed by atoms with Gasteiger partial charge in [-0.2, -0.15) is 0 Å². The summed E-state index contributed by atoms with van der Waals surface area (Å²) < 4.78 is 33.5. The van der Waals surface area contributed by atoms with Gasteiger partial charge >= 0.3 is 0 Å². The summed E-state index contributed by atoms with van der Waals surface area (Å²) in [4.78, 5) is 21.7. The van der Waals surface area contributed by atoms with Gasteiger partial charge in [0.05, 0.1) is 29.5 Å². The number of rotatable bonds is 8. The summed E-state index contributed by atoms with van der Waals surface area (Å²) in [6.07, 6.45) is 7.21. The van der Waals surface area contributed by atoms with Crippen molar-refractivity contribution in [3.63, 3.8) is 0 Å². The molecule has 12 heteroatoms. The number of nitrogens with zero attached hydrogens (tertiary/aromatic N) is 5. The van der Waals surface area contributed by atoms with Crippen LogP contribution in [0.1, 0.15) is 25.7 Å². The van der Waals surface area contributed by atoms with Crippen LogP contribution in [0.5, 0.6) is 5.75 Å². The summed E-state index contributed by atoms with van der Waals surface area (Å²) in [5, 5.41) is 3.81. The van der Waals surface area contributed by atoms with E-state index in [1.54, 1.807) is 36.7 Å². The molecular formula is C27H29FN8O2S. The molecular weight excluding hydrogens is 519 g/mol. The van der Waals surface area contributed by atoms with Crippen molar-refractivity contribution in [3.8, 4) is 39.8 Å². The lowest BCUT2D eigenvalue weighted by atomic mass is 10.1. The fourth-order valence-electron chi connectivity index (χ4n) is 4.67. The molecule has 1 saturated heterocycles. The van der Waals surface area contributed by atoms with Crippen LogP contribution in [0.25, 0.3) is 34.0 Å². The molecule has 4 N–H and O–H groups in total. The molecule has 39 heavy (non-hydrogen) atoms. The Morgan fingerprint density at radius 2 is 1.85 bits per heavy atom. The Bertz CT molecular complexity index is 1500. The smallest absolute Gasteiger partial charge is 0.223 e. The highest BCUT2D eigenvalue weighted by atomic mass is 32.2. The second-order valence-corrected chi connectivity index (χ2v) is 11.5. The van der Waals surface area contributed by atoms with E-state index in [0.717, 1.165) is 44.3 Å².